The fourth-order valence-corrected chi connectivity index (χ4v) is 3.64. The van der Waals surface area contributed by atoms with Crippen molar-refractivity contribution in [3.05, 3.63) is 35.4 Å². The van der Waals surface area contributed by atoms with E-state index in [4.69, 9.17) is 9.84 Å². The summed E-state index contributed by atoms with van der Waals surface area (Å²) in [5.74, 6) is -0.883. The lowest BCUT2D eigenvalue weighted by Gasteiger charge is -2.54. The topological polar surface area (TPSA) is 75.6 Å². The van der Waals surface area contributed by atoms with Crippen LogP contribution in [0.5, 0.6) is 0 Å². The second-order valence-electron chi connectivity index (χ2n) is 6.40. The van der Waals surface area contributed by atoms with E-state index in [1.807, 2.05) is 0 Å². The van der Waals surface area contributed by atoms with Crippen LogP contribution in [-0.4, -0.2) is 35.7 Å². The van der Waals surface area contributed by atoms with Gasteiger partial charge in [-0.25, -0.2) is 4.79 Å². The summed E-state index contributed by atoms with van der Waals surface area (Å²) in [4.78, 5) is 23.3. The van der Waals surface area contributed by atoms with Crippen LogP contribution in [0.4, 0.5) is 0 Å². The number of ether oxygens (including phenoxy) is 1. The molecule has 0 radical (unpaired) electrons. The molecular formula is C16H19NO4. The molecule has 21 heavy (non-hydrogen) atoms. The molecule has 1 aliphatic heterocycles. The third-order valence-corrected chi connectivity index (χ3v) is 4.76. The summed E-state index contributed by atoms with van der Waals surface area (Å²) in [6, 6.07) is 6.19. The Hall–Kier alpha value is -1.88. The molecule has 1 heterocycles. The number of aromatic carboxylic acids is 1. The number of carboxylic acid groups (broad SMARTS) is 1. The third-order valence-electron chi connectivity index (χ3n) is 4.76. The average molecular weight is 289 g/mol. The Morgan fingerprint density at radius 2 is 2.05 bits per heavy atom. The molecule has 1 amide bonds. The lowest BCUT2D eigenvalue weighted by Crippen LogP contribution is -2.66. The Morgan fingerprint density at radius 1 is 1.33 bits per heavy atom. The van der Waals surface area contributed by atoms with Crippen LogP contribution in [0.15, 0.2) is 24.3 Å². The summed E-state index contributed by atoms with van der Waals surface area (Å²) in [5.41, 5.74) is 0.423. The molecule has 5 heteroatoms. The summed E-state index contributed by atoms with van der Waals surface area (Å²) in [7, 11) is 0. The van der Waals surface area contributed by atoms with Crippen molar-refractivity contribution in [2.45, 2.75) is 32.4 Å². The summed E-state index contributed by atoms with van der Waals surface area (Å²) < 4.78 is 5.71. The van der Waals surface area contributed by atoms with Crippen LogP contribution in [-0.2, 0) is 4.74 Å². The van der Waals surface area contributed by atoms with E-state index in [1.54, 1.807) is 12.1 Å². The van der Waals surface area contributed by atoms with Crippen molar-refractivity contribution < 1.29 is 19.4 Å². The summed E-state index contributed by atoms with van der Waals surface area (Å²) >= 11 is 0. The van der Waals surface area contributed by atoms with Gasteiger partial charge in [-0.15, -0.1) is 0 Å². The molecule has 1 aromatic rings. The second kappa shape index (κ2) is 4.84. The van der Waals surface area contributed by atoms with Gasteiger partial charge < -0.3 is 15.2 Å². The van der Waals surface area contributed by atoms with E-state index in [0.717, 1.165) is 13.0 Å². The number of carbonyl (C=O) groups excluding carboxylic acids is 1. The quantitative estimate of drug-likeness (QED) is 0.891. The van der Waals surface area contributed by atoms with E-state index in [0.29, 0.717) is 11.5 Å². The Morgan fingerprint density at radius 3 is 2.76 bits per heavy atom. The second-order valence-corrected chi connectivity index (χ2v) is 6.40. The van der Waals surface area contributed by atoms with Crippen molar-refractivity contribution in [1.82, 2.24) is 5.32 Å². The minimum Gasteiger partial charge on any atom is -0.478 e. The van der Waals surface area contributed by atoms with Gasteiger partial charge in [-0.1, -0.05) is 19.9 Å². The molecule has 2 aliphatic rings. The van der Waals surface area contributed by atoms with Crippen LogP contribution in [0, 0.1) is 11.3 Å². The van der Waals surface area contributed by atoms with E-state index < -0.39 is 5.97 Å². The Balaban J connectivity index is 1.75. The average Bonchev–Trinajstić information content (AvgIpc) is 2.91. The molecule has 5 nitrogen and oxygen atoms in total. The van der Waals surface area contributed by atoms with Gasteiger partial charge >= 0.3 is 5.97 Å². The lowest BCUT2D eigenvalue weighted by atomic mass is 9.57. The predicted octanol–water partition coefficient (Wildman–Crippen LogP) is 1.93. The maximum atomic E-state index is 12.4. The maximum Gasteiger partial charge on any atom is 0.335 e. The molecule has 1 aliphatic carbocycles. The molecule has 0 aromatic heterocycles. The van der Waals surface area contributed by atoms with Gasteiger partial charge in [0.2, 0.25) is 0 Å². The van der Waals surface area contributed by atoms with Gasteiger partial charge in [0.25, 0.3) is 5.91 Å². The molecule has 3 atom stereocenters. The summed E-state index contributed by atoms with van der Waals surface area (Å²) in [5, 5.41) is 12.0. The Kier molecular flexibility index (Phi) is 3.24. The summed E-state index contributed by atoms with van der Waals surface area (Å²) in [6.45, 7) is 4.94. The zero-order chi connectivity index (χ0) is 15.2. The highest BCUT2D eigenvalue weighted by Gasteiger charge is 2.59. The molecule has 2 N–H and O–H groups in total. The van der Waals surface area contributed by atoms with Crippen molar-refractivity contribution in [1.29, 1.82) is 0 Å². The normalized spacial score (nSPS) is 29.3. The molecule has 3 rings (SSSR count). The monoisotopic (exact) mass is 289 g/mol. The summed E-state index contributed by atoms with van der Waals surface area (Å²) in [6.07, 6.45) is 1.18. The van der Waals surface area contributed by atoms with Gasteiger partial charge in [0.1, 0.15) is 0 Å². The highest BCUT2D eigenvalue weighted by atomic mass is 16.5. The first-order valence-electron chi connectivity index (χ1n) is 7.17. The van der Waals surface area contributed by atoms with Gasteiger partial charge in [0.15, 0.2) is 0 Å². The van der Waals surface area contributed by atoms with Crippen LogP contribution in [0.25, 0.3) is 0 Å². The van der Waals surface area contributed by atoms with Gasteiger partial charge in [0.05, 0.1) is 11.7 Å². The Bertz CT molecular complexity index is 596. The number of hydrogen-bond acceptors (Lipinski definition) is 3. The molecule has 0 unspecified atom stereocenters. The number of hydrogen-bond donors (Lipinski definition) is 2. The maximum absolute atomic E-state index is 12.4. The van der Waals surface area contributed by atoms with Crippen LogP contribution in [0.3, 0.4) is 0 Å². The van der Waals surface area contributed by atoms with Gasteiger partial charge in [-0.05, 0) is 24.6 Å². The van der Waals surface area contributed by atoms with Gasteiger partial charge in [-0.3, -0.25) is 4.79 Å². The fraction of sp³-hybridized carbons (Fsp3) is 0.500. The number of rotatable bonds is 3. The van der Waals surface area contributed by atoms with E-state index in [1.165, 1.54) is 12.1 Å². The zero-order valence-corrected chi connectivity index (χ0v) is 12.1. The first-order valence-corrected chi connectivity index (χ1v) is 7.17. The van der Waals surface area contributed by atoms with Crippen molar-refractivity contribution >= 4 is 11.9 Å². The molecule has 1 saturated carbocycles. The predicted molar refractivity (Wildman–Crippen MR) is 76.3 cm³/mol. The number of fused-ring (bicyclic) bond motifs is 1. The molecule has 112 valence electrons. The van der Waals surface area contributed by atoms with Crippen LogP contribution in [0.2, 0.25) is 0 Å². The molecular weight excluding hydrogens is 270 g/mol. The molecule has 2 fully saturated rings. The SMILES string of the molecule is CC1(C)[C@H](NC(=O)c2cccc(C(=O)O)c2)[C@H]2CCO[C@H]21. The number of carboxylic acids is 1. The van der Waals surface area contributed by atoms with Crippen LogP contribution in [0.1, 0.15) is 41.0 Å². The standard InChI is InChI=1S/C16H19NO4/c1-16(2)12(11-6-7-21-13(11)16)17-14(18)9-4-3-5-10(8-9)15(19)20/h3-5,8,11-13H,6-7H2,1-2H3,(H,17,18)(H,19,20)/t11-,12-,13-/m1/s1. The number of carbonyl (C=O) groups is 2. The first kappa shape index (κ1) is 14.1. The molecule has 0 spiro atoms. The lowest BCUT2D eigenvalue weighted by molar-refractivity contribution is -0.108. The highest BCUT2D eigenvalue weighted by Crippen LogP contribution is 2.52. The third kappa shape index (κ3) is 2.21. The zero-order valence-electron chi connectivity index (χ0n) is 12.1. The van der Waals surface area contributed by atoms with Crippen molar-refractivity contribution in [3.63, 3.8) is 0 Å². The van der Waals surface area contributed by atoms with E-state index in [-0.39, 0.29) is 29.0 Å². The number of amides is 1. The fourth-order valence-electron chi connectivity index (χ4n) is 3.64. The van der Waals surface area contributed by atoms with Crippen molar-refractivity contribution in [3.8, 4) is 0 Å². The molecule has 1 aromatic carbocycles. The largest absolute Gasteiger partial charge is 0.478 e. The highest BCUT2D eigenvalue weighted by molar-refractivity contribution is 5.97. The minimum atomic E-state index is -1.03. The minimum absolute atomic E-state index is 0.0750. The number of nitrogens with one attached hydrogen (secondary N) is 1. The van der Waals surface area contributed by atoms with Gasteiger partial charge in [-0.2, -0.15) is 0 Å². The van der Waals surface area contributed by atoms with Crippen LogP contribution >= 0.6 is 0 Å². The smallest absolute Gasteiger partial charge is 0.335 e. The molecule has 1 saturated heterocycles. The van der Waals surface area contributed by atoms with E-state index in [2.05, 4.69) is 19.2 Å². The van der Waals surface area contributed by atoms with Crippen LogP contribution < -0.4 is 5.32 Å². The van der Waals surface area contributed by atoms with Crippen molar-refractivity contribution in [2.24, 2.45) is 11.3 Å². The van der Waals surface area contributed by atoms with E-state index in [9.17, 15) is 9.59 Å². The van der Waals surface area contributed by atoms with Crippen molar-refractivity contribution in [2.75, 3.05) is 6.61 Å². The molecule has 0 bridgehead atoms. The first-order chi connectivity index (χ1) is 9.91. The number of benzene rings is 1. The van der Waals surface area contributed by atoms with Gasteiger partial charge in [0, 0.05) is 29.5 Å². The van der Waals surface area contributed by atoms with E-state index >= 15 is 0 Å². The Labute approximate surface area is 123 Å².